The summed E-state index contributed by atoms with van der Waals surface area (Å²) in [5.41, 5.74) is 1.32. The quantitative estimate of drug-likeness (QED) is 0.805. The first-order valence-electron chi connectivity index (χ1n) is 7.60. The summed E-state index contributed by atoms with van der Waals surface area (Å²) >= 11 is 0. The van der Waals surface area contributed by atoms with Gasteiger partial charge in [0.15, 0.2) is 0 Å². The number of halogens is 1. The Morgan fingerprint density at radius 2 is 1.48 bits per heavy atom. The predicted octanol–water partition coefficient (Wildman–Crippen LogP) is 3.27. The van der Waals surface area contributed by atoms with Crippen molar-refractivity contribution in [2.24, 2.45) is 0 Å². The predicted molar refractivity (Wildman–Crippen MR) is 94.0 cm³/mol. The van der Waals surface area contributed by atoms with Crippen LogP contribution in [-0.2, 0) is 14.9 Å². The molecule has 1 aliphatic rings. The lowest BCUT2D eigenvalue weighted by molar-refractivity contribution is -0.144. The molecule has 3 rings (SSSR count). The lowest BCUT2D eigenvalue weighted by Gasteiger charge is -2.26. The van der Waals surface area contributed by atoms with Gasteiger partial charge in [0.25, 0.3) is 0 Å². The Kier molecular flexibility index (Phi) is 5.45. The SMILES string of the molecule is CN(C)C[C@H]1CC(c2ccccc2)(c2ccccc2)C(=O)O1.Cl. The number of rotatable bonds is 4. The molecule has 2 aromatic rings. The van der Waals surface area contributed by atoms with Crippen molar-refractivity contribution in [1.29, 1.82) is 0 Å². The lowest BCUT2D eigenvalue weighted by atomic mass is 9.72. The van der Waals surface area contributed by atoms with Crippen LogP contribution in [0.1, 0.15) is 17.5 Å². The van der Waals surface area contributed by atoms with Gasteiger partial charge in [-0.1, -0.05) is 60.7 Å². The molecule has 122 valence electrons. The van der Waals surface area contributed by atoms with Crippen LogP contribution in [-0.4, -0.2) is 37.6 Å². The third-order valence-electron chi connectivity index (χ3n) is 4.26. The minimum Gasteiger partial charge on any atom is -0.460 e. The first-order valence-corrected chi connectivity index (χ1v) is 7.60. The molecule has 0 aliphatic carbocycles. The molecule has 1 heterocycles. The van der Waals surface area contributed by atoms with Crippen molar-refractivity contribution in [3.63, 3.8) is 0 Å². The zero-order valence-electron chi connectivity index (χ0n) is 13.4. The highest BCUT2D eigenvalue weighted by atomic mass is 35.5. The average Bonchev–Trinajstić information content (AvgIpc) is 2.85. The number of carbonyl (C=O) groups is 1. The van der Waals surface area contributed by atoms with E-state index in [4.69, 9.17) is 4.74 Å². The van der Waals surface area contributed by atoms with Gasteiger partial charge in [-0.25, -0.2) is 0 Å². The van der Waals surface area contributed by atoms with E-state index < -0.39 is 5.41 Å². The fourth-order valence-electron chi connectivity index (χ4n) is 3.31. The monoisotopic (exact) mass is 331 g/mol. The van der Waals surface area contributed by atoms with E-state index in [0.29, 0.717) is 6.42 Å². The summed E-state index contributed by atoms with van der Waals surface area (Å²) in [6, 6.07) is 19.9. The summed E-state index contributed by atoms with van der Waals surface area (Å²) in [5.74, 6) is -0.142. The number of nitrogens with zero attached hydrogens (tertiary/aromatic N) is 1. The number of ether oxygens (including phenoxy) is 1. The Hall–Kier alpha value is -1.84. The molecule has 1 atom stereocenters. The van der Waals surface area contributed by atoms with E-state index >= 15 is 0 Å². The first-order chi connectivity index (χ1) is 10.6. The molecule has 4 heteroatoms. The third kappa shape index (κ3) is 3.26. The molecular formula is C19H22ClNO2. The molecule has 0 bridgehead atoms. The second-order valence-electron chi connectivity index (χ2n) is 6.13. The highest BCUT2D eigenvalue weighted by Gasteiger charge is 2.51. The maximum atomic E-state index is 12.8. The van der Waals surface area contributed by atoms with Gasteiger partial charge in [0.05, 0.1) is 0 Å². The third-order valence-corrected chi connectivity index (χ3v) is 4.26. The van der Waals surface area contributed by atoms with Gasteiger partial charge in [-0.2, -0.15) is 0 Å². The standard InChI is InChI=1S/C19H21NO2.ClH/c1-20(2)14-17-13-19(18(21)22-17,15-9-5-3-6-10-15)16-11-7-4-8-12-16;/h3-12,17H,13-14H2,1-2H3;1H/t17-;/m1./s1. The van der Waals surface area contributed by atoms with E-state index in [9.17, 15) is 4.79 Å². The molecule has 0 N–H and O–H groups in total. The van der Waals surface area contributed by atoms with E-state index in [1.54, 1.807) is 0 Å². The van der Waals surface area contributed by atoms with Gasteiger partial charge in [0.1, 0.15) is 11.5 Å². The summed E-state index contributed by atoms with van der Waals surface area (Å²) in [7, 11) is 4.00. The number of hydrogen-bond donors (Lipinski definition) is 0. The molecular weight excluding hydrogens is 310 g/mol. The van der Waals surface area contributed by atoms with Crippen molar-refractivity contribution in [1.82, 2.24) is 4.90 Å². The number of likely N-dealkylation sites (N-methyl/N-ethyl adjacent to an activating group) is 1. The number of hydrogen-bond acceptors (Lipinski definition) is 3. The van der Waals surface area contributed by atoms with Crippen molar-refractivity contribution in [2.75, 3.05) is 20.6 Å². The fourth-order valence-corrected chi connectivity index (χ4v) is 3.31. The fraction of sp³-hybridized carbons (Fsp3) is 0.316. The van der Waals surface area contributed by atoms with Crippen molar-refractivity contribution < 1.29 is 9.53 Å². The van der Waals surface area contributed by atoms with Gasteiger partial charge in [0.2, 0.25) is 0 Å². The summed E-state index contributed by atoms with van der Waals surface area (Å²) in [6.45, 7) is 0.743. The molecule has 0 saturated carbocycles. The van der Waals surface area contributed by atoms with Gasteiger partial charge in [-0.15, -0.1) is 12.4 Å². The van der Waals surface area contributed by atoms with Crippen LogP contribution in [0.5, 0.6) is 0 Å². The van der Waals surface area contributed by atoms with E-state index in [1.807, 2.05) is 74.8 Å². The second kappa shape index (κ2) is 7.16. The molecule has 0 spiro atoms. The van der Waals surface area contributed by atoms with Gasteiger partial charge < -0.3 is 9.64 Å². The maximum Gasteiger partial charge on any atom is 0.321 e. The van der Waals surface area contributed by atoms with Crippen LogP contribution in [0.4, 0.5) is 0 Å². The zero-order chi connectivity index (χ0) is 15.6. The van der Waals surface area contributed by atoms with Crippen LogP contribution in [0.2, 0.25) is 0 Å². The topological polar surface area (TPSA) is 29.5 Å². The van der Waals surface area contributed by atoms with Crippen LogP contribution in [0.25, 0.3) is 0 Å². The molecule has 1 aliphatic heterocycles. The molecule has 0 radical (unpaired) electrons. The Bertz CT molecular complexity index is 603. The molecule has 1 saturated heterocycles. The van der Waals surface area contributed by atoms with Crippen molar-refractivity contribution in [3.8, 4) is 0 Å². The summed E-state index contributed by atoms with van der Waals surface area (Å²) in [5, 5.41) is 0. The molecule has 0 unspecified atom stereocenters. The zero-order valence-corrected chi connectivity index (χ0v) is 14.3. The Balaban J connectivity index is 0.00000192. The van der Waals surface area contributed by atoms with E-state index in [-0.39, 0.29) is 24.5 Å². The lowest BCUT2D eigenvalue weighted by Crippen LogP contribution is -2.33. The van der Waals surface area contributed by atoms with Gasteiger partial charge >= 0.3 is 5.97 Å². The number of carbonyl (C=O) groups excluding carboxylic acids is 1. The van der Waals surface area contributed by atoms with Gasteiger partial charge in [0, 0.05) is 13.0 Å². The molecule has 1 fully saturated rings. The molecule has 0 amide bonds. The van der Waals surface area contributed by atoms with E-state index in [1.165, 1.54) is 0 Å². The second-order valence-corrected chi connectivity index (χ2v) is 6.13. The minimum absolute atomic E-state index is 0. The number of benzene rings is 2. The molecule has 0 aromatic heterocycles. The van der Waals surface area contributed by atoms with E-state index in [0.717, 1.165) is 17.7 Å². The van der Waals surface area contributed by atoms with Crippen LogP contribution in [0.3, 0.4) is 0 Å². The van der Waals surface area contributed by atoms with Crippen molar-refractivity contribution in [3.05, 3.63) is 71.8 Å². The van der Waals surface area contributed by atoms with Crippen LogP contribution >= 0.6 is 12.4 Å². The summed E-state index contributed by atoms with van der Waals surface area (Å²) in [4.78, 5) is 14.9. The van der Waals surface area contributed by atoms with Crippen LogP contribution in [0, 0.1) is 0 Å². The normalized spacial score (nSPS) is 19.3. The molecule has 23 heavy (non-hydrogen) atoms. The first kappa shape index (κ1) is 17.5. The highest BCUT2D eigenvalue weighted by molar-refractivity contribution is 5.89. The minimum atomic E-state index is -0.691. The van der Waals surface area contributed by atoms with E-state index in [2.05, 4.69) is 4.90 Å². The molecule has 3 nitrogen and oxygen atoms in total. The van der Waals surface area contributed by atoms with Crippen molar-refractivity contribution in [2.45, 2.75) is 17.9 Å². The Labute approximate surface area is 143 Å². The number of cyclic esters (lactones) is 1. The van der Waals surface area contributed by atoms with Gasteiger partial charge in [-0.05, 0) is 25.2 Å². The maximum absolute atomic E-state index is 12.8. The number of esters is 1. The van der Waals surface area contributed by atoms with Crippen LogP contribution < -0.4 is 0 Å². The van der Waals surface area contributed by atoms with Crippen LogP contribution in [0.15, 0.2) is 60.7 Å². The Morgan fingerprint density at radius 1 is 1.00 bits per heavy atom. The summed E-state index contributed by atoms with van der Waals surface area (Å²) < 4.78 is 5.72. The van der Waals surface area contributed by atoms with Gasteiger partial charge in [-0.3, -0.25) is 4.79 Å². The summed E-state index contributed by atoms with van der Waals surface area (Å²) in [6.07, 6.45) is 0.598. The largest absolute Gasteiger partial charge is 0.460 e. The molecule has 2 aromatic carbocycles. The van der Waals surface area contributed by atoms with Crippen molar-refractivity contribution >= 4 is 18.4 Å². The smallest absolute Gasteiger partial charge is 0.321 e. The highest BCUT2D eigenvalue weighted by Crippen LogP contribution is 2.43. The average molecular weight is 332 g/mol. The Morgan fingerprint density at radius 3 is 1.91 bits per heavy atom.